The number of carbonyl (C=O) groups excluding carboxylic acids is 2. The molecule has 120 valence electrons. The number of likely N-dealkylation sites (tertiary alicyclic amines) is 1. The molecule has 1 aliphatic heterocycles. The highest BCUT2D eigenvalue weighted by Gasteiger charge is 2.27. The fourth-order valence-electron chi connectivity index (χ4n) is 2.71. The van der Waals surface area contributed by atoms with Gasteiger partial charge in [-0.2, -0.15) is 0 Å². The maximum absolute atomic E-state index is 13.0. The van der Waals surface area contributed by atoms with Crippen molar-refractivity contribution in [2.24, 2.45) is 0 Å². The van der Waals surface area contributed by atoms with Crippen LogP contribution >= 0.6 is 0 Å². The van der Waals surface area contributed by atoms with Gasteiger partial charge < -0.3 is 5.32 Å². The lowest BCUT2D eigenvalue weighted by atomic mass is 10.0. The summed E-state index contributed by atoms with van der Waals surface area (Å²) in [4.78, 5) is 25.4. The lowest BCUT2D eigenvalue weighted by molar-refractivity contribution is -0.121. The molecule has 2 rings (SSSR count). The van der Waals surface area contributed by atoms with E-state index in [0.717, 1.165) is 31.4 Å². The Kier molecular flexibility index (Phi) is 5.89. The smallest absolute Gasteiger partial charge is 0.321 e. The molecule has 22 heavy (non-hydrogen) atoms. The topological polar surface area (TPSA) is 61.4 Å². The van der Waals surface area contributed by atoms with E-state index in [1.165, 1.54) is 12.1 Å². The van der Waals surface area contributed by atoms with E-state index in [1.807, 2.05) is 11.8 Å². The highest BCUT2D eigenvalue weighted by atomic mass is 19.1. The Bertz CT molecular complexity index is 519. The van der Waals surface area contributed by atoms with Gasteiger partial charge in [-0.05, 0) is 43.5 Å². The van der Waals surface area contributed by atoms with Crippen molar-refractivity contribution in [3.05, 3.63) is 35.6 Å². The van der Waals surface area contributed by atoms with Gasteiger partial charge in [-0.25, -0.2) is 9.18 Å². The van der Waals surface area contributed by atoms with Crippen LogP contribution in [0.3, 0.4) is 0 Å². The van der Waals surface area contributed by atoms with Crippen LogP contribution in [0.1, 0.15) is 37.8 Å². The van der Waals surface area contributed by atoms with Gasteiger partial charge >= 0.3 is 6.03 Å². The van der Waals surface area contributed by atoms with Crippen LogP contribution in [0.25, 0.3) is 0 Å². The lowest BCUT2D eigenvalue weighted by Gasteiger charge is -2.24. The van der Waals surface area contributed by atoms with Crippen LogP contribution < -0.4 is 10.6 Å². The molecule has 5 nitrogen and oxygen atoms in total. The summed E-state index contributed by atoms with van der Waals surface area (Å²) in [5.41, 5.74) is 1.00. The zero-order chi connectivity index (χ0) is 15.9. The van der Waals surface area contributed by atoms with E-state index in [0.29, 0.717) is 6.54 Å². The first-order valence-corrected chi connectivity index (χ1v) is 7.67. The third kappa shape index (κ3) is 4.53. The van der Waals surface area contributed by atoms with Crippen molar-refractivity contribution in [2.75, 3.05) is 19.6 Å². The number of carbonyl (C=O) groups is 2. The van der Waals surface area contributed by atoms with Gasteiger partial charge in [0.15, 0.2) is 0 Å². The summed E-state index contributed by atoms with van der Waals surface area (Å²) < 4.78 is 13.0. The molecule has 1 aliphatic rings. The largest absolute Gasteiger partial charge is 0.338 e. The number of nitrogens with zero attached hydrogens (tertiary/aromatic N) is 1. The molecule has 3 amide bonds. The molecule has 6 heteroatoms. The van der Waals surface area contributed by atoms with Crippen LogP contribution in [-0.4, -0.2) is 36.5 Å². The van der Waals surface area contributed by atoms with Gasteiger partial charge in [0, 0.05) is 12.6 Å². The molecule has 1 aromatic carbocycles. The summed E-state index contributed by atoms with van der Waals surface area (Å²) in [5, 5.41) is 4.94. The summed E-state index contributed by atoms with van der Waals surface area (Å²) in [6.45, 7) is 3.45. The Labute approximate surface area is 129 Å². The summed E-state index contributed by atoms with van der Waals surface area (Å²) in [6.07, 6.45) is 2.73. The normalized spacial score (nSPS) is 18.2. The average Bonchev–Trinajstić information content (AvgIpc) is 2.93. The minimum absolute atomic E-state index is 0.102. The standard InChI is InChI=1S/C16H22FN3O2/c1-2-9-18-16(22)19-15(21)11-20-10-3-4-14(20)12-5-7-13(17)8-6-12/h5-8,14H,2-4,9-11H2,1H3,(H2,18,19,21,22)/t14-/m1/s1. The van der Waals surface area contributed by atoms with E-state index in [1.54, 1.807) is 12.1 Å². The second-order valence-corrected chi connectivity index (χ2v) is 5.48. The van der Waals surface area contributed by atoms with Gasteiger partial charge in [0.2, 0.25) is 5.91 Å². The van der Waals surface area contributed by atoms with Gasteiger partial charge in [0.1, 0.15) is 5.82 Å². The Morgan fingerprint density at radius 3 is 2.73 bits per heavy atom. The molecule has 2 N–H and O–H groups in total. The first-order chi connectivity index (χ1) is 10.6. The SMILES string of the molecule is CCCNC(=O)NC(=O)CN1CCC[C@@H]1c1ccc(F)cc1. The highest BCUT2D eigenvalue weighted by molar-refractivity contribution is 5.95. The van der Waals surface area contributed by atoms with Gasteiger partial charge in [0.05, 0.1) is 6.54 Å². The first kappa shape index (κ1) is 16.4. The molecule has 1 atom stereocenters. The van der Waals surface area contributed by atoms with Crippen LogP contribution in [0.2, 0.25) is 0 Å². The number of hydrogen-bond acceptors (Lipinski definition) is 3. The zero-order valence-corrected chi connectivity index (χ0v) is 12.8. The van der Waals surface area contributed by atoms with E-state index < -0.39 is 6.03 Å². The Hall–Kier alpha value is -1.95. The van der Waals surface area contributed by atoms with Gasteiger partial charge in [-0.1, -0.05) is 19.1 Å². The van der Waals surface area contributed by atoms with Gasteiger partial charge in [-0.3, -0.25) is 15.0 Å². The van der Waals surface area contributed by atoms with E-state index in [-0.39, 0.29) is 24.3 Å². The molecular formula is C16H22FN3O2. The predicted molar refractivity (Wildman–Crippen MR) is 81.8 cm³/mol. The maximum Gasteiger partial charge on any atom is 0.321 e. The Balaban J connectivity index is 1.89. The number of benzene rings is 1. The molecule has 0 spiro atoms. The zero-order valence-electron chi connectivity index (χ0n) is 12.8. The van der Waals surface area contributed by atoms with Gasteiger partial charge in [-0.15, -0.1) is 0 Å². The number of rotatable bonds is 5. The van der Waals surface area contributed by atoms with Crippen molar-refractivity contribution in [3.8, 4) is 0 Å². The van der Waals surface area contributed by atoms with Gasteiger partial charge in [0.25, 0.3) is 0 Å². The Morgan fingerprint density at radius 1 is 1.32 bits per heavy atom. The number of urea groups is 1. The minimum atomic E-state index is -0.454. The molecule has 1 saturated heterocycles. The van der Waals surface area contributed by atoms with Crippen LogP contribution in [0.5, 0.6) is 0 Å². The summed E-state index contributed by atoms with van der Waals surface area (Å²) in [7, 11) is 0. The van der Waals surface area contributed by atoms with Crippen molar-refractivity contribution in [1.82, 2.24) is 15.5 Å². The van der Waals surface area contributed by atoms with Crippen LogP contribution in [-0.2, 0) is 4.79 Å². The van der Waals surface area contributed by atoms with E-state index in [2.05, 4.69) is 10.6 Å². The highest BCUT2D eigenvalue weighted by Crippen LogP contribution is 2.31. The second-order valence-electron chi connectivity index (χ2n) is 5.48. The number of imide groups is 1. The molecule has 0 bridgehead atoms. The monoisotopic (exact) mass is 307 g/mol. The molecule has 0 aliphatic carbocycles. The molecule has 0 aromatic heterocycles. The first-order valence-electron chi connectivity index (χ1n) is 7.67. The number of amides is 3. The van der Waals surface area contributed by atoms with E-state index in [4.69, 9.17) is 0 Å². The second kappa shape index (κ2) is 7.89. The predicted octanol–water partition coefficient (Wildman–Crippen LogP) is 2.20. The van der Waals surface area contributed by atoms with E-state index in [9.17, 15) is 14.0 Å². The van der Waals surface area contributed by atoms with E-state index >= 15 is 0 Å². The van der Waals surface area contributed by atoms with Crippen molar-refractivity contribution < 1.29 is 14.0 Å². The third-order valence-corrected chi connectivity index (χ3v) is 3.75. The quantitative estimate of drug-likeness (QED) is 0.876. The summed E-state index contributed by atoms with van der Waals surface area (Å²) in [5.74, 6) is -0.582. The molecule has 1 fully saturated rings. The molecule has 0 radical (unpaired) electrons. The molecule has 1 heterocycles. The number of hydrogen-bond donors (Lipinski definition) is 2. The van der Waals surface area contributed by atoms with Crippen molar-refractivity contribution >= 4 is 11.9 Å². The number of nitrogens with one attached hydrogen (secondary N) is 2. The summed E-state index contributed by atoms with van der Waals surface area (Å²) >= 11 is 0. The summed E-state index contributed by atoms with van der Waals surface area (Å²) in [6, 6.07) is 6.03. The lowest BCUT2D eigenvalue weighted by Crippen LogP contribution is -2.44. The molecule has 0 unspecified atom stereocenters. The number of halogens is 1. The minimum Gasteiger partial charge on any atom is -0.338 e. The third-order valence-electron chi connectivity index (χ3n) is 3.75. The van der Waals surface area contributed by atoms with Crippen LogP contribution in [0.15, 0.2) is 24.3 Å². The van der Waals surface area contributed by atoms with Crippen LogP contribution in [0.4, 0.5) is 9.18 Å². The van der Waals surface area contributed by atoms with Crippen molar-refractivity contribution in [1.29, 1.82) is 0 Å². The molecule has 0 saturated carbocycles. The molecular weight excluding hydrogens is 285 g/mol. The average molecular weight is 307 g/mol. The van der Waals surface area contributed by atoms with Crippen molar-refractivity contribution in [3.63, 3.8) is 0 Å². The van der Waals surface area contributed by atoms with Crippen molar-refractivity contribution in [2.45, 2.75) is 32.2 Å². The maximum atomic E-state index is 13.0. The molecule has 1 aromatic rings. The fourth-order valence-corrected chi connectivity index (χ4v) is 2.71. The Morgan fingerprint density at radius 2 is 2.05 bits per heavy atom. The fraction of sp³-hybridized carbons (Fsp3) is 0.500. The van der Waals surface area contributed by atoms with Crippen LogP contribution in [0, 0.1) is 5.82 Å².